The lowest BCUT2D eigenvalue weighted by atomic mass is 9.89. The molecule has 0 aromatic rings. The van der Waals surface area contributed by atoms with Gasteiger partial charge in [-0.05, 0) is 51.3 Å². The summed E-state index contributed by atoms with van der Waals surface area (Å²) in [4.78, 5) is 0. The summed E-state index contributed by atoms with van der Waals surface area (Å²) >= 11 is 0. The van der Waals surface area contributed by atoms with Crippen LogP contribution in [0, 0.1) is 5.92 Å². The van der Waals surface area contributed by atoms with Crippen molar-refractivity contribution >= 4 is 0 Å². The van der Waals surface area contributed by atoms with Crippen LogP contribution in [0.25, 0.3) is 0 Å². The summed E-state index contributed by atoms with van der Waals surface area (Å²) in [6.45, 7) is 6.58. The molecule has 68 valence electrons. The molecule has 1 heteroatoms. The highest BCUT2D eigenvalue weighted by molar-refractivity contribution is 5.21. The molecular weight excluding hydrogens is 146 g/mol. The van der Waals surface area contributed by atoms with Crippen molar-refractivity contribution in [3.63, 3.8) is 0 Å². The maximum absolute atomic E-state index is 3.38. The lowest BCUT2D eigenvalue weighted by molar-refractivity contribution is 0.425. The van der Waals surface area contributed by atoms with Crippen LogP contribution in [-0.2, 0) is 0 Å². The molecule has 0 amide bonds. The molecule has 12 heavy (non-hydrogen) atoms. The van der Waals surface area contributed by atoms with E-state index in [1.165, 1.54) is 31.5 Å². The number of nitrogens with one attached hydrogen (secondary N) is 1. The van der Waals surface area contributed by atoms with E-state index in [0.29, 0.717) is 0 Å². The topological polar surface area (TPSA) is 12.0 Å². The van der Waals surface area contributed by atoms with Crippen molar-refractivity contribution in [1.29, 1.82) is 0 Å². The SMILES string of the molecule is CC=CC(=CC)C1CCNCC1. The smallest absolute Gasteiger partial charge is 0.00431 e. The maximum Gasteiger partial charge on any atom is -0.00431 e. The van der Waals surface area contributed by atoms with E-state index < -0.39 is 0 Å². The molecule has 1 aliphatic rings. The lowest BCUT2D eigenvalue weighted by Crippen LogP contribution is -2.28. The van der Waals surface area contributed by atoms with E-state index in [9.17, 15) is 0 Å². The molecule has 1 rings (SSSR count). The predicted octanol–water partition coefficient (Wildman–Crippen LogP) is 2.51. The Balaban J connectivity index is 2.52. The Morgan fingerprint density at radius 2 is 1.92 bits per heavy atom. The molecule has 0 aromatic heterocycles. The van der Waals surface area contributed by atoms with Gasteiger partial charge in [0.2, 0.25) is 0 Å². The van der Waals surface area contributed by atoms with Gasteiger partial charge in [0, 0.05) is 0 Å². The fraction of sp³-hybridized carbons (Fsp3) is 0.636. The van der Waals surface area contributed by atoms with E-state index in [2.05, 4.69) is 37.4 Å². The highest BCUT2D eigenvalue weighted by atomic mass is 14.9. The highest BCUT2D eigenvalue weighted by Gasteiger charge is 2.14. The van der Waals surface area contributed by atoms with Crippen LogP contribution in [0.3, 0.4) is 0 Å². The highest BCUT2D eigenvalue weighted by Crippen LogP contribution is 2.21. The molecule has 0 unspecified atom stereocenters. The second-order valence-corrected chi connectivity index (χ2v) is 3.31. The zero-order chi connectivity index (χ0) is 8.81. The summed E-state index contributed by atoms with van der Waals surface area (Å²) in [6.07, 6.45) is 9.22. The molecule has 0 aromatic carbocycles. The number of piperidine rings is 1. The van der Waals surface area contributed by atoms with Crippen LogP contribution < -0.4 is 5.32 Å². The Morgan fingerprint density at radius 1 is 1.25 bits per heavy atom. The molecule has 0 spiro atoms. The van der Waals surface area contributed by atoms with Crippen LogP contribution in [0.2, 0.25) is 0 Å². The second-order valence-electron chi connectivity index (χ2n) is 3.31. The largest absolute Gasteiger partial charge is 0.317 e. The van der Waals surface area contributed by atoms with E-state index in [4.69, 9.17) is 0 Å². The Bertz CT molecular complexity index is 173. The third-order valence-electron chi connectivity index (χ3n) is 2.50. The predicted molar refractivity (Wildman–Crippen MR) is 54.2 cm³/mol. The minimum Gasteiger partial charge on any atom is -0.317 e. The summed E-state index contributed by atoms with van der Waals surface area (Å²) < 4.78 is 0. The molecule has 1 aliphatic heterocycles. The van der Waals surface area contributed by atoms with Gasteiger partial charge in [-0.3, -0.25) is 0 Å². The summed E-state index contributed by atoms with van der Waals surface area (Å²) in [5.41, 5.74) is 1.51. The lowest BCUT2D eigenvalue weighted by Gasteiger charge is -2.23. The Hall–Kier alpha value is -0.560. The van der Waals surface area contributed by atoms with Gasteiger partial charge in [0.1, 0.15) is 0 Å². The van der Waals surface area contributed by atoms with Crippen molar-refractivity contribution in [1.82, 2.24) is 5.32 Å². The van der Waals surface area contributed by atoms with Gasteiger partial charge in [0.05, 0.1) is 0 Å². The molecule has 1 saturated heterocycles. The van der Waals surface area contributed by atoms with Crippen LogP contribution in [0.4, 0.5) is 0 Å². The van der Waals surface area contributed by atoms with Crippen molar-refractivity contribution in [2.45, 2.75) is 26.7 Å². The Morgan fingerprint density at radius 3 is 2.42 bits per heavy atom. The number of allylic oxidation sites excluding steroid dienone is 4. The summed E-state index contributed by atoms with van der Waals surface area (Å²) in [6, 6.07) is 0. The average molecular weight is 165 g/mol. The van der Waals surface area contributed by atoms with E-state index >= 15 is 0 Å². The molecule has 1 nitrogen and oxygen atoms in total. The molecule has 0 atom stereocenters. The second kappa shape index (κ2) is 5.15. The molecule has 1 heterocycles. The van der Waals surface area contributed by atoms with Gasteiger partial charge in [-0.25, -0.2) is 0 Å². The first-order valence-electron chi connectivity index (χ1n) is 4.88. The first-order valence-corrected chi connectivity index (χ1v) is 4.88. The van der Waals surface area contributed by atoms with Crippen molar-refractivity contribution in [3.8, 4) is 0 Å². The first-order chi connectivity index (χ1) is 5.88. The van der Waals surface area contributed by atoms with Crippen LogP contribution >= 0.6 is 0 Å². The third-order valence-corrected chi connectivity index (χ3v) is 2.50. The summed E-state index contributed by atoms with van der Waals surface area (Å²) in [5.74, 6) is 0.799. The molecule has 1 fully saturated rings. The number of rotatable bonds is 2. The zero-order valence-corrected chi connectivity index (χ0v) is 8.14. The molecule has 0 saturated carbocycles. The van der Waals surface area contributed by atoms with Gasteiger partial charge in [-0.2, -0.15) is 0 Å². The summed E-state index contributed by atoms with van der Waals surface area (Å²) in [7, 11) is 0. The van der Waals surface area contributed by atoms with Crippen molar-refractivity contribution < 1.29 is 0 Å². The molecule has 0 aliphatic carbocycles. The molecule has 0 bridgehead atoms. The van der Waals surface area contributed by atoms with Crippen molar-refractivity contribution in [2.24, 2.45) is 5.92 Å². The molecule has 1 N–H and O–H groups in total. The van der Waals surface area contributed by atoms with Crippen LogP contribution in [0.5, 0.6) is 0 Å². The molecule has 0 radical (unpaired) electrons. The maximum atomic E-state index is 3.38. The minimum atomic E-state index is 0.799. The van der Waals surface area contributed by atoms with Gasteiger partial charge in [-0.1, -0.05) is 18.2 Å². The van der Waals surface area contributed by atoms with E-state index in [1.54, 1.807) is 0 Å². The quantitative estimate of drug-likeness (QED) is 0.620. The van der Waals surface area contributed by atoms with Gasteiger partial charge in [0.25, 0.3) is 0 Å². The number of hydrogen-bond donors (Lipinski definition) is 1. The average Bonchev–Trinajstić information content (AvgIpc) is 2.15. The summed E-state index contributed by atoms with van der Waals surface area (Å²) in [5, 5.41) is 3.38. The van der Waals surface area contributed by atoms with Gasteiger partial charge in [-0.15, -0.1) is 0 Å². The van der Waals surface area contributed by atoms with Crippen LogP contribution in [0.1, 0.15) is 26.7 Å². The third kappa shape index (κ3) is 2.49. The normalized spacial score (nSPS) is 22.0. The van der Waals surface area contributed by atoms with E-state index in [0.717, 1.165) is 5.92 Å². The van der Waals surface area contributed by atoms with E-state index in [-0.39, 0.29) is 0 Å². The zero-order valence-electron chi connectivity index (χ0n) is 8.14. The number of hydrogen-bond acceptors (Lipinski definition) is 1. The fourth-order valence-electron chi connectivity index (χ4n) is 1.82. The van der Waals surface area contributed by atoms with Gasteiger partial charge in [0.15, 0.2) is 0 Å². The van der Waals surface area contributed by atoms with Gasteiger partial charge < -0.3 is 5.32 Å². The Labute approximate surface area is 75.6 Å². The standard InChI is InChI=1S/C11H19N/c1-3-5-10(4-2)11-6-8-12-9-7-11/h3-5,11-12H,6-9H2,1-2H3. The van der Waals surface area contributed by atoms with Crippen LogP contribution in [-0.4, -0.2) is 13.1 Å². The van der Waals surface area contributed by atoms with Gasteiger partial charge >= 0.3 is 0 Å². The monoisotopic (exact) mass is 165 g/mol. The molecular formula is C11H19N. The first kappa shape index (κ1) is 9.53. The minimum absolute atomic E-state index is 0.799. The van der Waals surface area contributed by atoms with Crippen LogP contribution in [0.15, 0.2) is 23.8 Å². The van der Waals surface area contributed by atoms with Crippen molar-refractivity contribution in [2.75, 3.05) is 13.1 Å². The van der Waals surface area contributed by atoms with Crippen molar-refractivity contribution in [3.05, 3.63) is 23.8 Å². The van der Waals surface area contributed by atoms with E-state index in [1.807, 2.05) is 0 Å². The Kier molecular flexibility index (Phi) is 4.09. The fourth-order valence-corrected chi connectivity index (χ4v) is 1.82.